The quantitative estimate of drug-likeness (QED) is 0.619. The summed E-state index contributed by atoms with van der Waals surface area (Å²) in [7, 11) is 0. The number of hydrogen-bond donors (Lipinski definition) is 2. The Labute approximate surface area is 96.0 Å². The highest BCUT2D eigenvalue weighted by molar-refractivity contribution is 4.68. The molecule has 0 spiro atoms. The molecule has 0 saturated heterocycles. The van der Waals surface area contributed by atoms with Crippen LogP contribution in [0.5, 0.6) is 0 Å². The molecule has 0 radical (unpaired) electrons. The van der Waals surface area contributed by atoms with Gasteiger partial charge in [-0.2, -0.15) is 0 Å². The van der Waals surface area contributed by atoms with E-state index < -0.39 is 0 Å². The van der Waals surface area contributed by atoms with Gasteiger partial charge in [0.1, 0.15) is 0 Å². The molecule has 92 valence electrons. The van der Waals surface area contributed by atoms with Crippen molar-refractivity contribution in [3.63, 3.8) is 0 Å². The number of nitrogens with one attached hydrogen (secondary N) is 1. The van der Waals surface area contributed by atoms with Crippen LogP contribution >= 0.6 is 0 Å². The van der Waals surface area contributed by atoms with Crippen molar-refractivity contribution < 1.29 is 0 Å². The summed E-state index contributed by atoms with van der Waals surface area (Å²) < 4.78 is 0. The third-order valence-corrected chi connectivity index (χ3v) is 2.88. The molecular weight excluding hydrogens is 184 g/mol. The van der Waals surface area contributed by atoms with Crippen LogP contribution in [0.4, 0.5) is 0 Å². The molecule has 0 aromatic rings. The molecule has 0 saturated carbocycles. The van der Waals surface area contributed by atoms with Crippen molar-refractivity contribution in [2.24, 2.45) is 17.6 Å². The Morgan fingerprint density at radius 1 is 1.20 bits per heavy atom. The van der Waals surface area contributed by atoms with E-state index in [4.69, 9.17) is 5.73 Å². The molecular formula is C13H30N2. The highest BCUT2D eigenvalue weighted by Crippen LogP contribution is 2.10. The second kappa shape index (κ2) is 9.17. The molecule has 2 nitrogen and oxygen atoms in total. The summed E-state index contributed by atoms with van der Waals surface area (Å²) in [6.45, 7) is 10.9. The Hall–Kier alpha value is -0.0800. The lowest BCUT2D eigenvalue weighted by molar-refractivity contribution is 0.368. The zero-order chi connectivity index (χ0) is 11.7. The van der Waals surface area contributed by atoms with Crippen molar-refractivity contribution in [1.29, 1.82) is 0 Å². The lowest BCUT2D eigenvalue weighted by atomic mass is 9.97. The maximum Gasteiger partial charge on any atom is 0.00388 e. The molecule has 0 aliphatic rings. The van der Waals surface area contributed by atoms with E-state index in [1.807, 2.05) is 0 Å². The summed E-state index contributed by atoms with van der Waals surface area (Å²) in [5, 5.41) is 3.59. The van der Waals surface area contributed by atoms with Gasteiger partial charge in [-0.05, 0) is 44.7 Å². The molecule has 0 aromatic heterocycles. The summed E-state index contributed by atoms with van der Waals surface area (Å²) in [6.07, 6.45) is 5.14. The van der Waals surface area contributed by atoms with Gasteiger partial charge in [0.15, 0.2) is 0 Å². The van der Waals surface area contributed by atoms with Crippen molar-refractivity contribution in [2.45, 2.75) is 59.4 Å². The van der Waals surface area contributed by atoms with E-state index in [0.717, 1.165) is 19.0 Å². The Kier molecular flexibility index (Phi) is 9.12. The third kappa shape index (κ3) is 8.88. The van der Waals surface area contributed by atoms with E-state index in [1.165, 1.54) is 25.7 Å². The van der Waals surface area contributed by atoms with Gasteiger partial charge in [0.05, 0.1) is 0 Å². The first-order chi connectivity index (χ1) is 7.10. The molecule has 2 heteroatoms. The lowest BCUT2D eigenvalue weighted by Crippen LogP contribution is -2.34. The summed E-state index contributed by atoms with van der Waals surface area (Å²) in [6, 6.07) is 0.645. The van der Waals surface area contributed by atoms with E-state index in [0.29, 0.717) is 12.0 Å². The molecule has 3 N–H and O–H groups in total. The second-order valence-corrected chi connectivity index (χ2v) is 5.18. The number of unbranched alkanes of at least 4 members (excludes halogenated alkanes) is 1. The van der Waals surface area contributed by atoms with Crippen molar-refractivity contribution in [3.05, 3.63) is 0 Å². The SMILES string of the molecule is CCCCC(C)NCC(CN)CC(C)C. The van der Waals surface area contributed by atoms with E-state index in [-0.39, 0.29) is 0 Å². The Bertz CT molecular complexity index is 134. The zero-order valence-electron chi connectivity index (χ0n) is 11.1. The van der Waals surface area contributed by atoms with Crippen LogP contribution < -0.4 is 11.1 Å². The fraction of sp³-hybridized carbons (Fsp3) is 1.00. The normalized spacial score (nSPS) is 15.6. The van der Waals surface area contributed by atoms with Crippen LogP contribution in [0.1, 0.15) is 53.4 Å². The predicted molar refractivity (Wildman–Crippen MR) is 69.0 cm³/mol. The van der Waals surface area contributed by atoms with Crippen LogP contribution in [0.3, 0.4) is 0 Å². The highest BCUT2D eigenvalue weighted by Gasteiger charge is 2.10. The summed E-state index contributed by atoms with van der Waals surface area (Å²) >= 11 is 0. The fourth-order valence-corrected chi connectivity index (χ4v) is 1.91. The van der Waals surface area contributed by atoms with Crippen LogP contribution in [0.15, 0.2) is 0 Å². The van der Waals surface area contributed by atoms with E-state index in [9.17, 15) is 0 Å². The molecule has 0 rings (SSSR count). The third-order valence-electron chi connectivity index (χ3n) is 2.88. The molecule has 0 aliphatic heterocycles. The van der Waals surface area contributed by atoms with Crippen LogP contribution in [-0.4, -0.2) is 19.1 Å². The largest absolute Gasteiger partial charge is 0.330 e. The van der Waals surface area contributed by atoms with Crippen LogP contribution in [0.2, 0.25) is 0 Å². The van der Waals surface area contributed by atoms with Crippen molar-refractivity contribution in [2.75, 3.05) is 13.1 Å². The highest BCUT2D eigenvalue weighted by atomic mass is 14.9. The summed E-state index contributed by atoms with van der Waals surface area (Å²) in [5.41, 5.74) is 5.77. The molecule has 0 heterocycles. The van der Waals surface area contributed by atoms with E-state index in [1.54, 1.807) is 0 Å². The molecule has 0 aromatic carbocycles. The first kappa shape index (κ1) is 14.9. The van der Waals surface area contributed by atoms with E-state index >= 15 is 0 Å². The average molecular weight is 214 g/mol. The smallest absolute Gasteiger partial charge is 0.00388 e. The van der Waals surface area contributed by atoms with Gasteiger partial charge in [-0.25, -0.2) is 0 Å². The second-order valence-electron chi connectivity index (χ2n) is 5.18. The van der Waals surface area contributed by atoms with E-state index in [2.05, 4.69) is 33.0 Å². The average Bonchev–Trinajstić information content (AvgIpc) is 2.20. The minimum Gasteiger partial charge on any atom is -0.330 e. The first-order valence-corrected chi connectivity index (χ1v) is 6.53. The van der Waals surface area contributed by atoms with Crippen molar-refractivity contribution in [1.82, 2.24) is 5.32 Å². The zero-order valence-corrected chi connectivity index (χ0v) is 11.1. The standard InChI is InChI=1S/C13H30N2/c1-5-6-7-12(4)15-10-13(9-14)8-11(2)3/h11-13,15H,5-10,14H2,1-4H3. The fourth-order valence-electron chi connectivity index (χ4n) is 1.91. The molecule has 0 fully saturated rings. The number of nitrogens with two attached hydrogens (primary N) is 1. The number of rotatable bonds is 9. The van der Waals surface area contributed by atoms with Gasteiger partial charge >= 0.3 is 0 Å². The van der Waals surface area contributed by atoms with Crippen molar-refractivity contribution >= 4 is 0 Å². The molecule has 2 unspecified atom stereocenters. The molecule has 0 amide bonds. The minimum absolute atomic E-state index is 0.645. The maximum atomic E-state index is 5.77. The minimum atomic E-state index is 0.645. The number of hydrogen-bond acceptors (Lipinski definition) is 2. The lowest BCUT2D eigenvalue weighted by Gasteiger charge is -2.20. The van der Waals surface area contributed by atoms with Crippen molar-refractivity contribution in [3.8, 4) is 0 Å². The van der Waals surface area contributed by atoms with Gasteiger partial charge < -0.3 is 11.1 Å². The van der Waals surface area contributed by atoms with Crippen LogP contribution in [-0.2, 0) is 0 Å². The van der Waals surface area contributed by atoms with Gasteiger partial charge in [0, 0.05) is 6.04 Å². The first-order valence-electron chi connectivity index (χ1n) is 6.53. The Morgan fingerprint density at radius 2 is 1.87 bits per heavy atom. The predicted octanol–water partition coefficient (Wildman–Crippen LogP) is 2.78. The van der Waals surface area contributed by atoms with Gasteiger partial charge in [0.25, 0.3) is 0 Å². The van der Waals surface area contributed by atoms with Gasteiger partial charge in [-0.1, -0.05) is 33.6 Å². The Balaban J connectivity index is 3.60. The van der Waals surface area contributed by atoms with Gasteiger partial charge in [0.2, 0.25) is 0 Å². The summed E-state index contributed by atoms with van der Waals surface area (Å²) in [4.78, 5) is 0. The van der Waals surface area contributed by atoms with Gasteiger partial charge in [-0.3, -0.25) is 0 Å². The Morgan fingerprint density at radius 3 is 2.33 bits per heavy atom. The van der Waals surface area contributed by atoms with Crippen LogP contribution in [0.25, 0.3) is 0 Å². The van der Waals surface area contributed by atoms with Gasteiger partial charge in [-0.15, -0.1) is 0 Å². The van der Waals surface area contributed by atoms with Crippen LogP contribution in [0, 0.1) is 11.8 Å². The topological polar surface area (TPSA) is 38.0 Å². The maximum absolute atomic E-state index is 5.77. The molecule has 0 aliphatic carbocycles. The molecule has 2 atom stereocenters. The molecule has 0 bridgehead atoms. The molecule has 15 heavy (non-hydrogen) atoms. The monoisotopic (exact) mass is 214 g/mol. The summed E-state index contributed by atoms with van der Waals surface area (Å²) in [5.74, 6) is 1.40.